The topological polar surface area (TPSA) is 79.0 Å². The average Bonchev–Trinajstić information content (AvgIpc) is 2.75. The highest BCUT2D eigenvalue weighted by Gasteiger charge is 2.13. The van der Waals surface area contributed by atoms with Crippen molar-refractivity contribution in [1.29, 1.82) is 0 Å². The van der Waals surface area contributed by atoms with E-state index in [1.165, 1.54) is 24.1 Å². The summed E-state index contributed by atoms with van der Waals surface area (Å²) in [6, 6.07) is 1.26. The first-order valence-corrected chi connectivity index (χ1v) is 4.79. The summed E-state index contributed by atoms with van der Waals surface area (Å²) < 4.78 is 7.46. The van der Waals surface area contributed by atoms with Gasteiger partial charge in [-0.3, -0.25) is 9.48 Å². The highest BCUT2D eigenvalue weighted by molar-refractivity contribution is 5.86. The van der Waals surface area contributed by atoms with Gasteiger partial charge in [-0.1, -0.05) is 0 Å². The Balaban J connectivity index is 2.51. The molecular formula is C10H10N4O3. The number of ether oxygens (including phenoxy) is 1. The van der Waals surface area contributed by atoms with Crippen molar-refractivity contribution in [3.8, 4) is 5.69 Å². The van der Waals surface area contributed by atoms with Crippen LogP contribution in [0.2, 0.25) is 0 Å². The van der Waals surface area contributed by atoms with Crippen LogP contribution in [0.4, 0.5) is 0 Å². The van der Waals surface area contributed by atoms with E-state index in [4.69, 9.17) is 0 Å². The molecule has 0 bridgehead atoms. The molecule has 0 saturated carbocycles. The molecule has 0 spiro atoms. The summed E-state index contributed by atoms with van der Waals surface area (Å²) in [5.74, 6) is -0.756. The van der Waals surface area contributed by atoms with E-state index in [1.54, 1.807) is 24.1 Å². The molecule has 7 nitrogen and oxygen atoms in total. The van der Waals surface area contributed by atoms with Gasteiger partial charge >= 0.3 is 5.97 Å². The second kappa shape index (κ2) is 4.20. The van der Waals surface area contributed by atoms with Gasteiger partial charge in [0.25, 0.3) is 0 Å². The predicted molar refractivity (Wildman–Crippen MR) is 57.9 cm³/mol. The Morgan fingerprint density at radius 3 is 2.82 bits per heavy atom. The van der Waals surface area contributed by atoms with Gasteiger partial charge in [0.05, 0.1) is 19.5 Å². The maximum absolute atomic E-state index is 11.4. The SMILES string of the molecule is COC(=O)c1nn(-c2cnn(C)c2)ccc1=O. The average molecular weight is 234 g/mol. The molecule has 17 heavy (non-hydrogen) atoms. The normalized spacial score (nSPS) is 10.2. The van der Waals surface area contributed by atoms with Gasteiger partial charge < -0.3 is 4.74 Å². The number of hydrogen-bond donors (Lipinski definition) is 0. The van der Waals surface area contributed by atoms with Crippen LogP contribution in [0.15, 0.2) is 29.5 Å². The first-order valence-electron chi connectivity index (χ1n) is 4.79. The second-order valence-electron chi connectivity index (χ2n) is 3.34. The molecule has 0 N–H and O–H groups in total. The van der Waals surface area contributed by atoms with Gasteiger partial charge in [0, 0.05) is 19.3 Å². The first kappa shape index (κ1) is 11.1. The minimum Gasteiger partial charge on any atom is -0.464 e. The smallest absolute Gasteiger partial charge is 0.362 e. The first-order chi connectivity index (χ1) is 8.11. The predicted octanol–water partition coefficient (Wildman–Crippen LogP) is -0.247. The van der Waals surface area contributed by atoms with Crippen LogP contribution in [0.25, 0.3) is 5.69 Å². The van der Waals surface area contributed by atoms with Crippen molar-refractivity contribution in [1.82, 2.24) is 19.6 Å². The standard InChI is InChI=1S/C10H10N4O3/c1-13-6-7(5-11-13)14-4-3-8(15)9(12-14)10(16)17-2/h3-6H,1-2H3. The molecule has 88 valence electrons. The molecule has 7 heteroatoms. The summed E-state index contributed by atoms with van der Waals surface area (Å²) in [6.07, 6.45) is 4.74. The number of nitrogens with zero attached hydrogens (tertiary/aromatic N) is 4. The van der Waals surface area contributed by atoms with Crippen molar-refractivity contribution in [2.24, 2.45) is 7.05 Å². The molecule has 0 unspecified atom stereocenters. The summed E-state index contributed by atoms with van der Waals surface area (Å²) in [7, 11) is 2.96. The van der Waals surface area contributed by atoms with E-state index in [9.17, 15) is 9.59 Å². The fourth-order valence-electron chi connectivity index (χ4n) is 1.32. The van der Waals surface area contributed by atoms with Crippen molar-refractivity contribution in [3.05, 3.63) is 40.6 Å². The van der Waals surface area contributed by atoms with E-state index < -0.39 is 11.4 Å². The fourth-order valence-corrected chi connectivity index (χ4v) is 1.32. The molecular weight excluding hydrogens is 224 g/mol. The van der Waals surface area contributed by atoms with Crippen molar-refractivity contribution in [2.45, 2.75) is 0 Å². The Morgan fingerprint density at radius 1 is 1.47 bits per heavy atom. The molecule has 0 radical (unpaired) electrons. The third-order valence-corrected chi connectivity index (χ3v) is 2.14. The second-order valence-corrected chi connectivity index (χ2v) is 3.34. The van der Waals surface area contributed by atoms with E-state index in [0.29, 0.717) is 5.69 Å². The lowest BCUT2D eigenvalue weighted by Crippen LogP contribution is -2.21. The number of esters is 1. The quantitative estimate of drug-likeness (QED) is 0.669. The number of carbonyl (C=O) groups excluding carboxylic acids is 1. The van der Waals surface area contributed by atoms with Gasteiger partial charge in [0.15, 0.2) is 0 Å². The van der Waals surface area contributed by atoms with Crippen LogP contribution >= 0.6 is 0 Å². The number of hydrogen-bond acceptors (Lipinski definition) is 5. The van der Waals surface area contributed by atoms with Crippen molar-refractivity contribution < 1.29 is 9.53 Å². The van der Waals surface area contributed by atoms with Crippen LogP contribution in [-0.4, -0.2) is 32.6 Å². The van der Waals surface area contributed by atoms with Gasteiger partial charge in [0.2, 0.25) is 11.1 Å². The molecule has 0 aliphatic rings. The van der Waals surface area contributed by atoms with Gasteiger partial charge in [-0.25, -0.2) is 9.48 Å². The Morgan fingerprint density at radius 2 is 2.24 bits per heavy atom. The minimum absolute atomic E-state index is 0.251. The Kier molecular flexibility index (Phi) is 2.73. The fraction of sp³-hybridized carbons (Fsp3) is 0.200. The van der Waals surface area contributed by atoms with Crippen molar-refractivity contribution in [3.63, 3.8) is 0 Å². The largest absolute Gasteiger partial charge is 0.464 e. The summed E-state index contributed by atoms with van der Waals surface area (Å²) in [5, 5.41) is 7.87. The molecule has 0 fully saturated rings. The highest BCUT2D eigenvalue weighted by atomic mass is 16.5. The maximum atomic E-state index is 11.4. The van der Waals surface area contributed by atoms with E-state index >= 15 is 0 Å². The van der Waals surface area contributed by atoms with Crippen LogP contribution in [0.5, 0.6) is 0 Å². The number of aryl methyl sites for hydroxylation is 1. The summed E-state index contributed by atoms with van der Waals surface area (Å²) in [6.45, 7) is 0. The molecule has 0 amide bonds. The van der Waals surface area contributed by atoms with Crippen LogP contribution in [0.3, 0.4) is 0 Å². The van der Waals surface area contributed by atoms with Gasteiger partial charge in [0.1, 0.15) is 5.69 Å². The monoisotopic (exact) mass is 234 g/mol. The van der Waals surface area contributed by atoms with E-state index in [-0.39, 0.29) is 5.69 Å². The zero-order chi connectivity index (χ0) is 12.4. The third kappa shape index (κ3) is 2.07. The van der Waals surface area contributed by atoms with Crippen LogP contribution in [0.1, 0.15) is 10.5 Å². The zero-order valence-electron chi connectivity index (χ0n) is 9.32. The van der Waals surface area contributed by atoms with Crippen LogP contribution in [0, 0.1) is 0 Å². The highest BCUT2D eigenvalue weighted by Crippen LogP contribution is 2.02. The Bertz CT molecular complexity index is 614. The number of rotatable bonds is 2. The zero-order valence-corrected chi connectivity index (χ0v) is 9.32. The summed E-state index contributed by atoms with van der Waals surface area (Å²) in [4.78, 5) is 22.7. The lowest BCUT2D eigenvalue weighted by atomic mass is 10.4. The summed E-state index contributed by atoms with van der Waals surface area (Å²) in [5.41, 5.74) is -0.0755. The van der Waals surface area contributed by atoms with E-state index in [1.807, 2.05) is 0 Å². The molecule has 2 aromatic heterocycles. The lowest BCUT2D eigenvalue weighted by Gasteiger charge is -2.03. The molecule has 2 rings (SSSR count). The number of aromatic nitrogens is 4. The summed E-state index contributed by atoms with van der Waals surface area (Å²) >= 11 is 0. The minimum atomic E-state index is -0.756. The van der Waals surface area contributed by atoms with Crippen LogP contribution in [-0.2, 0) is 11.8 Å². The van der Waals surface area contributed by atoms with E-state index in [0.717, 1.165) is 0 Å². The Hall–Kier alpha value is -2.44. The molecule has 0 aromatic carbocycles. The van der Waals surface area contributed by atoms with Gasteiger partial charge in [-0.2, -0.15) is 10.2 Å². The van der Waals surface area contributed by atoms with Gasteiger partial charge in [-0.15, -0.1) is 0 Å². The number of methoxy groups -OCH3 is 1. The van der Waals surface area contributed by atoms with Gasteiger partial charge in [-0.05, 0) is 0 Å². The molecule has 2 heterocycles. The molecule has 2 aromatic rings. The van der Waals surface area contributed by atoms with Crippen molar-refractivity contribution >= 4 is 5.97 Å². The third-order valence-electron chi connectivity index (χ3n) is 2.14. The molecule has 0 saturated heterocycles. The lowest BCUT2D eigenvalue weighted by molar-refractivity contribution is 0.0590. The Labute approximate surface area is 96.2 Å². The van der Waals surface area contributed by atoms with E-state index in [2.05, 4.69) is 14.9 Å². The molecule has 0 atom stereocenters. The molecule has 0 aliphatic carbocycles. The number of carbonyl (C=O) groups is 1. The maximum Gasteiger partial charge on any atom is 0.362 e. The molecule has 0 aliphatic heterocycles. The van der Waals surface area contributed by atoms with Crippen LogP contribution < -0.4 is 5.43 Å². The van der Waals surface area contributed by atoms with Crippen molar-refractivity contribution in [2.75, 3.05) is 7.11 Å².